The molecule has 0 saturated heterocycles. The molecule has 1 fully saturated rings. The molecule has 0 aromatic carbocycles. The molecule has 1 aliphatic rings. The van der Waals surface area contributed by atoms with Crippen LogP contribution >= 0.6 is 0 Å². The lowest BCUT2D eigenvalue weighted by atomic mass is 9.82. The molecule has 1 N–H and O–H groups in total. The summed E-state index contributed by atoms with van der Waals surface area (Å²) in [7, 11) is 2.01. The third kappa shape index (κ3) is 3.84. The number of hydrogen-bond donors (Lipinski definition) is 1. The van der Waals surface area contributed by atoms with E-state index in [0.29, 0.717) is 0 Å². The number of hydrogen-bond acceptors (Lipinski definition) is 2. The summed E-state index contributed by atoms with van der Waals surface area (Å²) in [6, 6.07) is 2.10. The first-order chi connectivity index (χ1) is 8.25. The van der Waals surface area contributed by atoms with E-state index >= 15 is 0 Å². The normalized spacial score (nSPS) is 25.1. The largest absolute Gasteiger partial charge is 0.316 e. The summed E-state index contributed by atoms with van der Waals surface area (Å²) in [6.45, 7) is 4.66. The van der Waals surface area contributed by atoms with Crippen LogP contribution in [0.2, 0.25) is 0 Å². The van der Waals surface area contributed by atoms with Gasteiger partial charge in [-0.2, -0.15) is 5.10 Å². The third-order valence-corrected chi connectivity index (χ3v) is 3.96. The lowest BCUT2D eigenvalue weighted by Gasteiger charge is -2.26. The Balaban J connectivity index is 1.61. The predicted molar refractivity (Wildman–Crippen MR) is 70.9 cm³/mol. The highest BCUT2D eigenvalue weighted by atomic mass is 15.3. The fraction of sp³-hybridized carbons (Fsp3) is 0.786. The molecule has 0 amide bonds. The fourth-order valence-electron chi connectivity index (χ4n) is 2.91. The Kier molecular flexibility index (Phi) is 4.60. The van der Waals surface area contributed by atoms with Gasteiger partial charge in [-0.1, -0.05) is 19.8 Å². The van der Waals surface area contributed by atoms with Crippen LogP contribution in [0.5, 0.6) is 0 Å². The van der Waals surface area contributed by atoms with Crippen LogP contribution in [0.15, 0.2) is 12.3 Å². The van der Waals surface area contributed by atoms with Crippen LogP contribution in [0, 0.1) is 11.8 Å². The first-order valence-corrected chi connectivity index (χ1v) is 6.93. The van der Waals surface area contributed by atoms with Crippen molar-refractivity contribution in [3.8, 4) is 0 Å². The summed E-state index contributed by atoms with van der Waals surface area (Å²) in [4.78, 5) is 0. The molecule has 3 heteroatoms. The monoisotopic (exact) mass is 235 g/mol. The van der Waals surface area contributed by atoms with E-state index in [-0.39, 0.29) is 0 Å². The second-order valence-corrected chi connectivity index (χ2v) is 5.54. The van der Waals surface area contributed by atoms with E-state index in [1.165, 1.54) is 37.9 Å². The zero-order valence-corrected chi connectivity index (χ0v) is 11.2. The highest BCUT2D eigenvalue weighted by Gasteiger charge is 2.18. The van der Waals surface area contributed by atoms with Crippen LogP contribution in [-0.2, 0) is 13.5 Å². The Hall–Kier alpha value is -0.830. The molecule has 1 saturated carbocycles. The summed E-state index contributed by atoms with van der Waals surface area (Å²) < 4.78 is 1.96. The van der Waals surface area contributed by atoms with E-state index in [0.717, 1.165) is 24.8 Å². The Morgan fingerprint density at radius 1 is 1.47 bits per heavy atom. The van der Waals surface area contributed by atoms with E-state index in [9.17, 15) is 0 Å². The van der Waals surface area contributed by atoms with Crippen molar-refractivity contribution in [2.45, 2.75) is 39.0 Å². The number of rotatable bonds is 5. The Labute approximate surface area is 105 Å². The molecule has 0 spiro atoms. The van der Waals surface area contributed by atoms with Gasteiger partial charge in [-0.15, -0.1) is 0 Å². The third-order valence-electron chi connectivity index (χ3n) is 3.96. The number of aromatic nitrogens is 2. The van der Waals surface area contributed by atoms with Crippen molar-refractivity contribution < 1.29 is 0 Å². The van der Waals surface area contributed by atoms with Crippen molar-refractivity contribution in [3.05, 3.63) is 18.0 Å². The molecule has 2 rings (SSSR count). The molecule has 1 aliphatic carbocycles. The van der Waals surface area contributed by atoms with Gasteiger partial charge in [-0.3, -0.25) is 4.68 Å². The van der Waals surface area contributed by atoms with Crippen molar-refractivity contribution in [3.63, 3.8) is 0 Å². The Morgan fingerprint density at radius 2 is 2.35 bits per heavy atom. The van der Waals surface area contributed by atoms with Crippen LogP contribution in [-0.4, -0.2) is 22.9 Å². The maximum Gasteiger partial charge on any atom is 0.0492 e. The number of nitrogens with zero attached hydrogens (tertiary/aromatic N) is 2. The van der Waals surface area contributed by atoms with Gasteiger partial charge in [-0.25, -0.2) is 0 Å². The van der Waals surface area contributed by atoms with Gasteiger partial charge in [-0.05, 0) is 37.3 Å². The van der Waals surface area contributed by atoms with Crippen molar-refractivity contribution in [1.82, 2.24) is 15.1 Å². The summed E-state index contributed by atoms with van der Waals surface area (Å²) >= 11 is 0. The molecule has 2 unspecified atom stereocenters. The predicted octanol–water partition coefficient (Wildman–Crippen LogP) is 2.38. The molecular formula is C14H25N3. The molecule has 1 aromatic heterocycles. The molecule has 1 heterocycles. The zero-order chi connectivity index (χ0) is 12.1. The van der Waals surface area contributed by atoms with E-state index in [2.05, 4.69) is 23.4 Å². The second-order valence-electron chi connectivity index (χ2n) is 5.54. The number of nitrogens with one attached hydrogen (secondary N) is 1. The van der Waals surface area contributed by atoms with E-state index in [4.69, 9.17) is 0 Å². The quantitative estimate of drug-likeness (QED) is 0.794. The minimum atomic E-state index is 0.908. The second kappa shape index (κ2) is 6.20. The minimum Gasteiger partial charge on any atom is -0.316 e. The van der Waals surface area contributed by atoms with Crippen molar-refractivity contribution in [2.24, 2.45) is 18.9 Å². The maximum absolute atomic E-state index is 4.18. The van der Waals surface area contributed by atoms with Crippen molar-refractivity contribution in [1.29, 1.82) is 0 Å². The van der Waals surface area contributed by atoms with Crippen molar-refractivity contribution >= 4 is 0 Å². The summed E-state index contributed by atoms with van der Waals surface area (Å²) in [5.74, 6) is 1.85. The molecule has 17 heavy (non-hydrogen) atoms. The first kappa shape index (κ1) is 12.6. The summed E-state index contributed by atoms with van der Waals surface area (Å²) in [5, 5.41) is 7.78. The van der Waals surface area contributed by atoms with E-state index in [1.54, 1.807) is 0 Å². The van der Waals surface area contributed by atoms with E-state index in [1.807, 2.05) is 17.9 Å². The van der Waals surface area contributed by atoms with Gasteiger partial charge in [0.1, 0.15) is 0 Å². The van der Waals surface area contributed by atoms with E-state index < -0.39 is 0 Å². The van der Waals surface area contributed by atoms with Crippen LogP contribution < -0.4 is 5.32 Å². The topological polar surface area (TPSA) is 29.9 Å². The smallest absolute Gasteiger partial charge is 0.0492 e. The Bertz CT molecular complexity index is 332. The summed E-state index contributed by atoms with van der Waals surface area (Å²) in [5.41, 5.74) is 1.31. The van der Waals surface area contributed by atoms with Gasteiger partial charge >= 0.3 is 0 Å². The standard InChI is InChI=1S/C14H25N3/c1-12-4-3-5-13(10-12)11-15-8-6-14-7-9-16-17(14)2/h7,9,12-13,15H,3-6,8,10-11H2,1-2H3. The van der Waals surface area contributed by atoms with Gasteiger partial charge in [0.2, 0.25) is 0 Å². The Morgan fingerprint density at radius 3 is 3.06 bits per heavy atom. The summed E-state index contributed by atoms with van der Waals surface area (Å²) in [6.07, 6.45) is 8.65. The highest BCUT2D eigenvalue weighted by molar-refractivity contribution is 5.00. The van der Waals surface area contributed by atoms with Crippen LogP contribution in [0.25, 0.3) is 0 Å². The molecule has 1 aromatic rings. The lowest BCUT2D eigenvalue weighted by molar-refractivity contribution is 0.275. The number of aryl methyl sites for hydroxylation is 1. The van der Waals surface area contributed by atoms with Gasteiger partial charge in [0.15, 0.2) is 0 Å². The highest BCUT2D eigenvalue weighted by Crippen LogP contribution is 2.27. The van der Waals surface area contributed by atoms with Crippen molar-refractivity contribution in [2.75, 3.05) is 13.1 Å². The SMILES string of the molecule is CC1CCCC(CNCCc2ccnn2C)C1. The average molecular weight is 235 g/mol. The van der Waals surface area contributed by atoms with Gasteiger partial charge in [0, 0.05) is 31.9 Å². The van der Waals surface area contributed by atoms with Crippen LogP contribution in [0.4, 0.5) is 0 Å². The molecule has 0 aliphatic heterocycles. The minimum absolute atomic E-state index is 0.908. The van der Waals surface area contributed by atoms with Gasteiger partial charge in [0.05, 0.1) is 0 Å². The molecule has 0 bridgehead atoms. The van der Waals surface area contributed by atoms with Gasteiger partial charge < -0.3 is 5.32 Å². The average Bonchev–Trinajstić information content (AvgIpc) is 2.71. The van der Waals surface area contributed by atoms with Crippen LogP contribution in [0.1, 0.15) is 38.3 Å². The zero-order valence-electron chi connectivity index (χ0n) is 11.2. The molecule has 0 radical (unpaired) electrons. The molecule has 2 atom stereocenters. The molecule has 96 valence electrons. The fourth-order valence-corrected chi connectivity index (χ4v) is 2.91. The molecule has 3 nitrogen and oxygen atoms in total. The first-order valence-electron chi connectivity index (χ1n) is 6.93. The maximum atomic E-state index is 4.18. The van der Waals surface area contributed by atoms with Gasteiger partial charge in [0.25, 0.3) is 0 Å². The lowest BCUT2D eigenvalue weighted by Crippen LogP contribution is -2.28. The molecular weight excluding hydrogens is 210 g/mol. The van der Waals surface area contributed by atoms with Crippen LogP contribution in [0.3, 0.4) is 0 Å².